The highest BCUT2D eigenvalue weighted by Crippen LogP contribution is 2.33. The molecule has 2 nitrogen and oxygen atoms in total. The van der Waals surface area contributed by atoms with Gasteiger partial charge in [0, 0.05) is 26.8 Å². The molecule has 138 valence electrons. The highest BCUT2D eigenvalue weighted by molar-refractivity contribution is 9.11. The van der Waals surface area contributed by atoms with Crippen molar-refractivity contribution < 1.29 is 9.13 Å². The zero-order chi connectivity index (χ0) is 19.4. The largest absolute Gasteiger partial charge is 0.487 e. The first-order valence-corrected chi connectivity index (χ1v) is 10.1. The zero-order valence-electron chi connectivity index (χ0n) is 14.3. The van der Waals surface area contributed by atoms with Crippen LogP contribution >= 0.6 is 43.5 Å². The smallest absolute Gasteiger partial charge is 0.142 e. The van der Waals surface area contributed by atoms with E-state index in [1.807, 2.05) is 31.2 Å². The molecule has 6 heteroatoms. The molecule has 3 rings (SSSR count). The predicted molar refractivity (Wildman–Crippen MR) is 116 cm³/mol. The highest BCUT2D eigenvalue weighted by Gasteiger charge is 2.11. The molecule has 3 aromatic carbocycles. The Bertz CT molecular complexity index is 1010. The number of aliphatic imine (C=N–C) groups is 1. The van der Waals surface area contributed by atoms with Crippen molar-refractivity contribution in [3.8, 4) is 5.75 Å². The first-order chi connectivity index (χ1) is 12.9. The monoisotopic (exact) mass is 509 g/mol. The van der Waals surface area contributed by atoms with Crippen molar-refractivity contribution in [3.05, 3.63) is 91.1 Å². The second-order valence-corrected chi connectivity index (χ2v) is 8.08. The Labute approximate surface area is 179 Å². The molecule has 0 bridgehead atoms. The summed E-state index contributed by atoms with van der Waals surface area (Å²) in [6.07, 6.45) is 1.71. The summed E-state index contributed by atoms with van der Waals surface area (Å²) in [4.78, 5) is 4.55. The summed E-state index contributed by atoms with van der Waals surface area (Å²) < 4.78 is 21.4. The topological polar surface area (TPSA) is 21.6 Å². The lowest BCUT2D eigenvalue weighted by Crippen LogP contribution is -2.01. The Morgan fingerprint density at radius 1 is 1.11 bits per heavy atom. The normalized spacial score (nSPS) is 11.1. The lowest BCUT2D eigenvalue weighted by molar-refractivity contribution is 0.297. The van der Waals surface area contributed by atoms with Crippen LogP contribution in [0.2, 0.25) is 5.02 Å². The third-order valence-electron chi connectivity index (χ3n) is 3.88. The van der Waals surface area contributed by atoms with Crippen molar-refractivity contribution in [2.75, 3.05) is 0 Å². The van der Waals surface area contributed by atoms with E-state index in [1.54, 1.807) is 30.5 Å². The molecule has 0 aliphatic carbocycles. The average Bonchev–Trinajstić information content (AvgIpc) is 2.63. The van der Waals surface area contributed by atoms with Gasteiger partial charge in [0.25, 0.3) is 0 Å². The molecule has 27 heavy (non-hydrogen) atoms. The standard InChI is InChI=1S/C21H15Br2ClFNO/c1-13-6-7-17(24)10-20(13)26-11-15-8-16(22)9-18(23)21(15)27-12-14-4-2-3-5-19(14)25/h2-11H,12H2,1H3. The lowest BCUT2D eigenvalue weighted by Gasteiger charge is -2.12. The van der Waals surface area contributed by atoms with Gasteiger partial charge in [0.05, 0.1) is 10.2 Å². The first kappa shape index (κ1) is 20.1. The number of rotatable bonds is 5. The molecule has 0 saturated carbocycles. The van der Waals surface area contributed by atoms with Gasteiger partial charge >= 0.3 is 0 Å². The fourth-order valence-corrected chi connectivity index (χ4v) is 3.99. The molecule has 0 radical (unpaired) electrons. The van der Waals surface area contributed by atoms with E-state index in [4.69, 9.17) is 16.3 Å². The number of hydrogen-bond acceptors (Lipinski definition) is 2. The summed E-state index contributed by atoms with van der Waals surface area (Å²) >= 11 is 13.1. The molecule has 0 heterocycles. The minimum absolute atomic E-state index is 0.115. The summed E-state index contributed by atoms with van der Waals surface area (Å²) in [5.74, 6) is 0.292. The van der Waals surface area contributed by atoms with Gasteiger partial charge in [0.2, 0.25) is 0 Å². The third-order valence-corrected chi connectivity index (χ3v) is 5.16. The molecule has 0 spiro atoms. The van der Waals surface area contributed by atoms with Gasteiger partial charge in [-0.2, -0.15) is 0 Å². The molecule has 0 amide bonds. The fraction of sp³-hybridized carbons (Fsp3) is 0.0952. The van der Waals surface area contributed by atoms with E-state index in [9.17, 15) is 4.39 Å². The third kappa shape index (κ3) is 5.18. The van der Waals surface area contributed by atoms with E-state index in [-0.39, 0.29) is 12.4 Å². The van der Waals surface area contributed by atoms with Crippen molar-refractivity contribution >= 4 is 55.4 Å². The molecule has 0 fully saturated rings. The van der Waals surface area contributed by atoms with Crippen LogP contribution in [0.3, 0.4) is 0 Å². The van der Waals surface area contributed by atoms with Crippen LogP contribution in [0.5, 0.6) is 5.75 Å². The molecule has 0 aliphatic rings. The van der Waals surface area contributed by atoms with Crippen LogP contribution in [0, 0.1) is 12.7 Å². The van der Waals surface area contributed by atoms with Crippen molar-refractivity contribution in [2.24, 2.45) is 4.99 Å². The molecular formula is C21H15Br2ClFNO. The van der Waals surface area contributed by atoms with Crippen LogP contribution < -0.4 is 4.74 Å². The number of benzene rings is 3. The van der Waals surface area contributed by atoms with Crippen molar-refractivity contribution in [1.82, 2.24) is 0 Å². The molecule has 0 unspecified atom stereocenters. The Hall–Kier alpha value is -1.69. The number of nitrogens with zero attached hydrogens (tertiary/aromatic N) is 1. The number of aryl methyl sites for hydroxylation is 1. The van der Waals surface area contributed by atoms with E-state index < -0.39 is 0 Å². The molecule has 0 saturated heterocycles. The van der Waals surface area contributed by atoms with Crippen LogP contribution in [0.4, 0.5) is 10.1 Å². The molecule has 0 aliphatic heterocycles. The van der Waals surface area contributed by atoms with Crippen molar-refractivity contribution in [3.63, 3.8) is 0 Å². The SMILES string of the molecule is Cc1ccc(Cl)cc1N=Cc1cc(Br)cc(Br)c1OCc1ccccc1F. The van der Waals surface area contributed by atoms with Crippen LogP contribution in [-0.2, 0) is 6.61 Å². The summed E-state index contributed by atoms with van der Waals surface area (Å²) in [5.41, 5.74) is 3.03. The quantitative estimate of drug-likeness (QED) is 0.323. The summed E-state index contributed by atoms with van der Waals surface area (Å²) in [7, 11) is 0. The maximum Gasteiger partial charge on any atom is 0.142 e. The molecule has 0 atom stereocenters. The van der Waals surface area contributed by atoms with Crippen molar-refractivity contribution in [1.29, 1.82) is 0 Å². The van der Waals surface area contributed by atoms with Gasteiger partial charge in [0.1, 0.15) is 18.2 Å². The summed E-state index contributed by atoms with van der Waals surface area (Å²) in [6, 6.07) is 15.9. The molecular weight excluding hydrogens is 496 g/mol. The second kappa shape index (κ2) is 9.00. The minimum Gasteiger partial charge on any atom is -0.487 e. The summed E-state index contributed by atoms with van der Waals surface area (Å²) in [5, 5.41) is 0.624. The van der Waals surface area contributed by atoms with E-state index in [2.05, 4.69) is 36.9 Å². The van der Waals surface area contributed by atoms with Gasteiger partial charge in [-0.05, 0) is 58.7 Å². The average molecular weight is 512 g/mol. The lowest BCUT2D eigenvalue weighted by atomic mass is 10.2. The van der Waals surface area contributed by atoms with E-state index in [0.29, 0.717) is 16.3 Å². The van der Waals surface area contributed by atoms with Gasteiger partial charge in [-0.3, -0.25) is 4.99 Å². The highest BCUT2D eigenvalue weighted by atomic mass is 79.9. The predicted octanol–water partition coefficient (Wildman–Crippen LogP) is 7.64. The molecule has 3 aromatic rings. The minimum atomic E-state index is -0.296. The van der Waals surface area contributed by atoms with Crippen LogP contribution in [0.1, 0.15) is 16.7 Å². The van der Waals surface area contributed by atoms with E-state index in [0.717, 1.165) is 25.8 Å². The van der Waals surface area contributed by atoms with Gasteiger partial charge in [-0.1, -0.05) is 51.8 Å². The molecule has 0 aromatic heterocycles. The summed E-state index contributed by atoms with van der Waals surface area (Å²) in [6.45, 7) is 2.08. The Kier molecular flexibility index (Phi) is 6.68. The van der Waals surface area contributed by atoms with Crippen LogP contribution in [0.25, 0.3) is 0 Å². The Morgan fingerprint density at radius 3 is 2.67 bits per heavy atom. The number of ether oxygens (including phenoxy) is 1. The van der Waals surface area contributed by atoms with Crippen LogP contribution in [-0.4, -0.2) is 6.21 Å². The Morgan fingerprint density at radius 2 is 1.89 bits per heavy atom. The van der Waals surface area contributed by atoms with E-state index in [1.165, 1.54) is 6.07 Å². The zero-order valence-corrected chi connectivity index (χ0v) is 18.3. The van der Waals surface area contributed by atoms with Crippen LogP contribution in [0.15, 0.2) is 68.5 Å². The maximum absolute atomic E-state index is 13.9. The van der Waals surface area contributed by atoms with Gasteiger partial charge in [-0.25, -0.2) is 4.39 Å². The second-order valence-electron chi connectivity index (χ2n) is 5.88. The fourth-order valence-electron chi connectivity index (χ4n) is 2.45. The number of halogens is 4. The number of hydrogen-bond donors (Lipinski definition) is 0. The van der Waals surface area contributed by atoms with Gasteiger partial charge in [-0.15, -0.1) is 0 Å². The van der Waals surface area contributed by atoms with E-state index >= 15 is 0 Å². The van der Waals surface area contributed by atoms with Gasteiger partial charge in [0.15, 0.2) is 0 Å². The van der Waals surface area contributed by atoms with Crippen molar-refractivity contribution in [2.45, 2.75) is 13.5 Å². The van der Waals surface area contributed by atoms with Gasteiger partial charge < -0.3 is 4.74 Å². The maximum atomic E-state index is 13.9. The molecule has 0 N–H and O–H groups in total. The first-order valence-electron chi connectivity index (χ1n) is 8.09. The Balaban J connectivity index is 1.92.